The number of anilines is 1. The molecule has 2 aromatic heterocycles. The number of nitrogens with zero attached hydrogens (tertiary/aromatic N) is 2. The van der Waals surface area contributed by atoms with Crippen molar-refractivity contribution in [3.63, 3.8) is 0 Å². The summed E-state index contributed by atoms with van der Waals surface area (Å²) in [7, 11) is -4.61. The number of aromatic nitrogens is 2. The lowest BCUT2D eigenvalue weighted by Gasteiger charge is -2.20. The summed E-state index contributed by atoms with van der Waals surface area (Å²) in [5.41, 5.74) is 1.71. The van der Waals surface area contributed by atoms with Crippen molar-refractivity contribution in [1.29, 1.82) is 0 Å². The van der Waals surface area contributed by atoms with Crippen molar-refractivity contribution in [1.82, 2.24) is 15.3 Å². The molecule has 6 nitrogen and oxygen atoms in total. The fraction of sp³-hybridized carbons (Fsp3) is 0.231. The largest absolute Gasteiger partial charge is 0.317 e. The average molecular weight is 545 g/mol. The smallest absolute Gasteiger partial charge is 0.265 e. The molecule has 0 atom stereocenters. The Morgan fingerprint density at radius 2 is 1.84 bits per heavy atom. The third kappa shape index (κ3) is 5.25. The molecule has 1 aliphatic rings. The molecule has 1 saturated heterocycles. The zero-order chi connectivity index (χ0) is 26.2. The van der Waals surface area contributed by atoms with Gasteiger partial charge in [-0.15, -0.1) is 11.3 Å². The van der Waals surface area contributed by atoms with Crippen LogP contribution in [0.25, 0.3) is 21.7 Å². The lowest BCUT2D eigenvalue weighted by Crippen LogP contribution is -2.26. The maximum atomic E-state index is 15.9. The van der Waals surface area contributed by atoms with Gasteiger partial charge in [0.25, 0.3) is 10.0 Å². The zero-order valence-corrected chi connectivity index (χ0v) is 21.4. The van der Waals surface area contributed by atoms with Crippen molar-refractivity contribution in [2.45, 2.75) is 30.6 Å². The molecule has 0 saturated carbocycles. The summed E-state index contributed by atoms with van der Waals surface area (Å²) in [6, 6.07) is 10.0. The highest BCUT2D eigenvalue weighted by Gasteiger charge is 2.27. The van der Waals surface area contributed by atoms with Gasteiger partial charge in [-0.2, -0.15) is 0 Å². The second-order valence-electron chi connectivity index (χ2n) is 8.79. The highest BCUT2D eigenvalue weighted by Crippen LogP contribution is 2.42. The standard InChI is InChI=1S/C26H23F3N4O2S2/c1-15-13-17(9-12-31-15)25-24(32-26(36-25)16-7-10-30-11-8-16)19-3-2-4-21(23(19)29)33-37(34,35)22-14-18(27)5-6-20(22)28/h2-6,9,12-14,16,30,33H,7-8,10-11H2,1H3. The van der Waals surface area contributed by atoms with Gasteiger partial charge in [0.2, 0.25) is 0 Å². The van der Waals surface area contributed by atoms with E-state index in [9.17, 15) is 17.2 Å². The van der Waals surface area contributed by atoms with Crippen LogP contribution in [0, 0.1) is 24.4 Å². The molecule has 1 aliphatic heterocycles. The number of rotatable bonds is 6. The summed E-state index contributed by atoms with van der Waals surface area (Å²) in [5, 5.41) is 4.21. The lowest BCUT2D eigenvalue weighted by molar-refractivity contribution is 0.459. The van der Waals surface area contributed by atoms with Gasteiger partial charge in [0.15, 0.2) is 5.82 Å². The molecule has 0 amide bonds. The first-order valence-electron chi connectivity index (χ1n) is 11.6. The minimum absolute atomic E-state index is 0.0980. The summed E-state index contributed by atoms with van der Waals surface area (Å²) in [6.07, 6.45) is 3.49. The molecule has 1 fully saturated rings. The molecule has 4 aromatic rings. The minimum Gasteiger partial charge on any atom is -0.317 e. The molecule has 0 spiro atoms. The maximum Gasteiger partial charge on any atom is 0.265 e. The maximum absolute atomic E-state index is 15.9. The van der Waals surface area contributed by atoms with Gasteiger partial charge in [0.05, 0.1) is 21.3 Å². The normalized spacial score (nSPS) is 14.6. The van der Waals surface area contributed by atoms with Crippen molar-refractivity contribution in [2.24, 2.45) is 0 Å². The predicted molar refractivity (Wildman–Crippen MR) is 137 cm³/mol. The van der Waals surface area contributed by atoms with Gasteiger partial charge in [-0.1, -0.05) is 6.07 Å². The fourth-order valence-corrected chi connectivity index (χ4v) is 6.72. The van der Waals surface area contributed by atoms with Crippen LogP contribution in [0.4, 0.5) is 18.9 Å². The van der Waals surface area contributed by atoms with E-state index < -0.39 is 38.1 Å². The molecule has 192 valence electrons. The van der Waals surface area contributed by atoms with Gasteiger partial charge in [-0.3, -0.25) is 9.71 Å². The van der Waals surface area contributed by atoms with Crippen LogP contribution in [-0.4, -0.2) is 31.5 Å². The Balaban J connectivity index is 1.59. The number of hydrogen-bond donors (Lipinski definition) is 2. The first-order valence-corrected chi connectivity index (χ1v) is 13.9. The third-order valence-electron chi connectivity index (χ3n) is 6.17. The van der Waals surface area contributed by atoms with Crippen LogP contribution in [0.2, 0.25) is 0 Å². The van der Waals surface area contributed by atoms with E-state index in [2.05, 4.69) is 15.0 Å². The molecule has 3 heterocycles. The van der Waals surface area contributed by atoms with Gasteiger partial charge < -0.3 is 5.32 Å². The van der Waals surface area contributed by atoms with E-state index in [1.165, 1.54) is 29.5 Å². The third-order valence-corrected chi connectivity index (χ3v) is 8.82. The van der Waals surface area contributed by atoms with E-state index in [1.807, 2.05) is 19.1 Å². The van der Waals surface area contributed by atoms with Crippen molar-refractivity contribution >= 4 is 27.0 Å². The predicted octanol–water partition coefficient (Wildman–Crippen LogP) is 5.87. The fourth-order valence-electron chi connectivity index (χ4n) is 4.32. The lowest BCUT2D eigenvalue weighted by atomic mass is 9.99. The molecule has 2 aromatic carbocycles. The molecule has 0 aliphatic carbocycles. The molecular weight excluding hydrogens is 521 g/mol. The highest BCUT2D eigenvalue weighted by atomic mass is 32.2. The molecule has 2 N–H and O–H groups in total. The van der Waals surface area contributed by atoms with Crippen molar-refractivity contribution < 1.29 is 21.6 Å². The number of sulfonamides is 1. The quantitative estimate of drug-likeness (QED) is 0.317. The summed E-state index contributed by atoms with van der Waals surface area (Å²) < 4.78 is 71.3. The Hall–Kier alpha value is -3.28. The molecule has 37 heavy (non-hydrogen) atoms. The van der Waals surface area contributed by atoms with E-state index in [4.69, 9.17) is 4.98 Å². The van der Waals surface area contributed by atoms with Crippen LogP contribution in [0.3, 0.4) is 0 Å². The number of pyridine rings is 1. The molecule has 0 radical (unpaired) electrons. The molecule has 0 bridgehead atoms. The van der Waals surface area contributed by atoms with Crippen molar-refractivity contribution in [3.8, 4) is 21.7 Å². The second kappa shape index (κ2) is 10.2. The Labute approximate surface area is 216 Å². The number of nitrogens with one attached hydrogen (secondary N) is 2. The van der Waals surface area contributed by atoms with Gasteiger partial charge >= 0.3 is 0 Å². The van der Waals surface area contributed by atoms with E-state index >= 15 is 4.39 Å². The van der Waals surface area contributed by atoms with Crippen LogP contribution in [0.5, 0.6) is 0 Å². The van der Waals surface area contributed by atoms with Crippen LogP contribution in [0.1, 0.15) is 29.5 Å². The van der Waals surface area contributed by atoms with Crippen LogP contribution in [-0.2, 0) is 10.0 Å². The second-order valence-corrected chi connectivity index (χ2v) is 11.5. The van der Waals surface area contributed by atoms with Gasteiger partial charge in [0.1, 0.15) is 16.5 Å². The summed E-state index contributed by atoms with van der Waals surface area (Å²) in [5.74, 6) is -2.72. The van der Waals surface area contributed by atoms with Crippen LogP contribution >= 0.6 is 11.3 Å². The molecule has 5 rings (SSSR count). The Bertz CT molecular complexity index is 1570. The first kappa shape index (κ1) is 25.4. The van der Waals surface area contributed by atoms with Crippen molar-refractivity contribution in [2.75, 3.05) is 17.8 Å². The summed E-state index contributed by atoms with van der Waals surface area (Å²) in [6.45, 7) is 3.59. The highest BCUT2D eigenvalue weighted by molar-refractivity contribution is 7.92. The zero-order valence-electron chi connectivity index (χ0n) is 19.8. The number of piperidine rings is 1. The first-order chi connectivity index (χ1) is 17.7. The summed E-state index contributed by atoms with van der Waals surface area (Å²) in [4.78, 5) is 8.92. The number of benzene rings is 2. The van der Waals surface area contributed by atoms with Gasteiger partial charge in [-0.05, 0) is 80.9 Å². The Kier molecular flexibility index (Phi) is 7.02. The van der Waals surface area contributed by atoms with E-state index in [1.54, 1.807) is 6.20 Å². The SMILES string of the molecule is Cc1cc(-c2sc(C3CCNCC3)nc2-c2cccc(NS(=O)(=O)c3cc(F)ccc3F)c2F)ccn1. The number of aryl methyl sites for hydroxylation is 1. The average Bonchev–Trinajstić information content (AvgIpc) is 3.32. The van der Waals surface area contributed by atoms with E-state index in [0.29, 0.717) is 17.8 Å². The minimum atomic E-state index is -4.61. The van der Waals surface area contributed by atoms with Gasteiger partial charge in [-0.25, -0.2) is 26.6 Å². The van der Waals surface area contributed by atoms with Crippen LogP contribution in [0.15, 0.2) is 59.6 Å². The molecule has 0 unspecified atom stereocenters. The van der Waals surface area contributed by atoms with E-state index in [0.717, 1.165) is 53.1 Å². The van der Waals surface area contributed by atoms with E-state index in [-0.39, 0.29) is 11.5 Å². The topological polar surface area (TPSA) is 84.0 Å². The summed E-state index contributed by atoms with van der Waals surface area (Å²) >= 11 is 1.49. The molecular formula is C26H23F3N4O2S2. The van der Waals surface area contributed by atoms with Gasteiger partial charge in [0, 0.05) is 23.4 Å². The Morgan fingerprint density at radius 3 is 2.59 bits per heavy atom. The Morgan fingerprint density at radius 1 is 1.05 bits per heavy atom. The number of hydrogen-bond acceptors (Lipinski definition) is 6. The van der Waals surface area contributed by atoms with Crippen LogP contribution < -0.4 is 10.0 Å². The number of halogens is 3. The van der Waals surface area contributed by atoms with Crippen molar-refractivity contribution in [3.05, 3.63) is 82.9 Å². The number of thiazole rings is 1. The molecule has 11 heteroatoms. The monoisotopic (exact) mass is 544 g/mol.